The molecule has 0 atom stereocenters. The lowest BCUT2D eigenvalue weighted by Crippen LogP contribution is -2.36. The first-order valence-corrected chi connectivity index (χ1v) is 7.69. The molecule has 0 spiro atoms. The Morgan fingerprint density at radius 3 is 2.80 bits per heavy atom. The van der Waals surface area contributed by atoms with Gasteiger partial charge in [-0.05, 0) is 52.5 Å². The van der Waals surface area contributed by atoms with Gasteiger partial charge in [0.2, 0.25) is 0 Å². The lowest BCUT2D eigenvalue weighted by atomic mass is 9.96. The average molecular weight is 280 g/mol. The van der Waals surface area contributed by atoms with Crippen LogP contribution in [-0.4, -0.2) is 55.2 Å². The molecule has 1 aromatic heterocycles. The van der Waals surface area contributed by atoms with Gasteiger partial charge >= 0.3 is 0 Å². The van der Waals surface area contributed by atoms with E-state index in [2.05, 4.69) is 47.4 Å². The van der Waals surface area contributed by atoms with Crippen molar-refractivity contribution in [2.45, 2.75) is 32.9 Å². The predicted molar refractivity (Wildman–Crippen MR) is 80.4 cm³/mol. The summed E-state index contributed by atoms with van der Waals surface area (Å²) < 4.78 is 5.42. The molecule has 0 aliphatic carbocycles. The second kappa shape index (κ2) is 7.76. The van der Waals surface area contributed by atoms with Crippen LogP contribution in [0, 0.1) is 5.92 Å². The lowest BCUT2D eigenvalue weighted by molar-refractivity contribution is 0.145. The molecular formula is C15H28N4O. The maximum atomic E-state index is 5.42. The Morgan fingerprint density at radius 2 is 2.15 bits per heavy atom. The molecule has 0 amide bonds. The zero-order valence-corrected chi connectivity index (χ0v) is 13.1. The summed E-state index contributed by atoms with van der Waals surface area (Å²) in [5.74, 6) is 1.84. The van der Waals surface area contributed by atoms with Crippen LogP contribution in [0.3, 0.4) is 0 Å². The van der Waals surface area contributed by atoms with Gasteiger partial charge in [-0.2, -0.15) is 0 Å². The van der Waals surface area contributed by atoms with Crippen LogP contribution in [0.25, 0.3) is 0 Å². The normalized spacial score (nSPS) is 18.0. The zero-order valence-electron chi connectivity index (χ0n) is 13.1. The van der Waals surface area contributed by atoms with Crippen molar-refractivity contribution in [3.05, 3.63) is 17.5 Å². The van der Waals surface area contributed by atoms with Crippen LogP contribution in [0.4, 0.5) is 0 Å². The molecule has 0 aromatic carbocycles. The molecular weight excluding hydrogens is 252 g/mol. The Hall–Kier alpha value is -0.910. The topological polar surface area (TPSA) is 44.5 Å². The van der Waals surface area contributed by atoms with Crippen LogP contribution in [0.5, 0.6) is 0 Å². The maximum Gasteiger partial charge on any atom is 0.151 e. The third-order valence-electron chi connectivity index (χ3n) is 3.87. The molecule has 2 rings (SSSR count). The number of aromatic nitrogens is 1. The summed E-state index contributed by atoms with van der Waals surface area (Å²) in [6.45, 7) is 8.30. The molecule has 0 bridgehead atoms. The Labute approximate surface area is 122 Å². The van der Waals surface area contributed by atoms with Gasteiger partial charge in [0.25, 0.3) is 0 Å². The molecule has 1 aliphatic heterocycles. The average Bonchev–Trinajstić information content (AvgIpc) is 2.86. The second-order valence-corrected chi connectivity index (χ2v) is 6.05. The largest absolute Gasteiger partial charge is 0.360 e. The lowest BCUT2D eigenvalue weighted by Gasteiger charge is -2.32. The van der Waals surface area contributed by atoms with Crippen molar-refractivity contribution in [2.24, 2.45) is 5.92 Å². The SMILES string of the molecule is CCNCc1cc(CN2CCC(CN(C)C)CC2)on1. The van der Waals surface area contributed by atoms with E-state index in [-0.39, 0.29) is 0 Å². The molecule has 0 unspecified atom stereocenters. The van der Waals surface area contributed by atoms with Crippen LogP contribution in [0.1, 0.15) is 31.2 Å². The number of hydrogen-bond donors (Lipinski definition) is 1. The summed E-state index contributed by atoms with van der Waals surface area (Å²) >= 11 is 0. The molecule has 0 radical (unpaired) electrons. The van der Waals surface area contributed by atoms with Gasteiger partial charge in [0.1, 0.15) is 0 Å². The highest BCUT2D eigenvalue weighted by Crippen LogP contribution is 2.19. The molecule has 1 aromatic rings. The fourth-order valence-electron chi connectivity index (χ4n) is 2.83. The van der Waals surface area contributed by atoms with E-state index in [0.717, 1.165) is 37.0 Å². The van der Waals surface area contributed by atoms with Gasteiger partial charge in [-0.25, -0.2) is 0 Å². The molecule has 5 nitrogen and oxygen atoms in total. The van der Waals surface area contributed by atoms with Crippen molar-refractivity contribution in [3.63, 3.8) is 0 Å². The standard InChI is InChI=1S/C15H28N4O/c1-4-16-10-14-9-15(20-17-14)12-19-7-5-13(6-8-19)11-18(2)3/h9,13,16H,4-8,10-12H2,1-3H3. The van der Waals surface area contributed by atoms with Crippen LogP contribution >= 0.6 is 0 Å². The minimum absolute atomic E-state index is 0.797. The molecule has 1 fully saturated rings. The van der Waals surface area contributed by atoms with Crippen molar-refractivity contribution >= 4 is 0 Å². The summed E-state index contributed by atoms with van der Waals surface area (Å²) in [6.07, 6.45) is 2.58. The summed E-state index contributed by atoms with van der Waals surface area (Å²) in [7, 11) is 4.32. The van der Waals surface area contributed by atoms with Crippen molar-refractivity contribution < 1.29 is 4.52 Å². The van der Waals surface area contributed by atoms with Gasteiger partial charge in [-0.15, -0.1) is 0 Å². The smallest absolute Gasteiger partial charge is 0.151 e. The van der Waals surface area contributed by atoms with Crippen LogP contribution in [0.15, 0.2) is 10.6 Å². The van der Waals surface area contributed by atoms with E-state index >= 15 is 0 Å². The molecule has 0 saturated carbocycles. The van der Waals surface area contributed by atoms with E-state index in [1.165, 1.54) is 32.5 Å². The maximum absolute atomic E-state index is 5.42. The van der Waals surface area contributed by atoms with Crippen molar-refractivity contribution in [2.75, 3.05) is 40.3 Å². The number of nitrogens with zero attached hydrogens (tertiary/aromatic N) is 3. The number of rotatable bonds is 7. The predicted octanol–water partition coefficient (Wildman–Crippen LogP) is 1.56. The van der Waals surface area contributed by atoms with Gasteiger partial charge in [-0.1, -0.05) is 12.1 Å². The van der Waals surface area contributed by atoms with Gasteiger partial charge < -0.3 is 14.7 Å². The molecule has 114 valence electrons. The molecule has 1 N–H and O–H groups in total. The van der Waals surface area contributed by atoms with Gasteiger partial charge in [0, 0.05) is 19.2 Å². The Balaban J connectivity index is 1.73. The number of likely N-dealkylation sites (tertiary alicyclic amines) is 1. The fraction of sp³-hybridized carbons (Fsp3) is 0.800. The molecule has 1 saturated heterocycles. The minimum atomic E-state index is 0.797. The summed E-state index contributed by atoms with van der Waals surface area (Å²) in [5.41, 5.74) is 1.00. The van der Waals surface area contributed by atoms with Gasteiger partial charge in [0.05, 0.1) is 12.2 Å². The van der Waals surface area contributed by atoms with E-state index in [1.54, 1.807) is 0 Å². The van der Waals surface area contributed by atoms with E-state index in [1.807, 2.05) is 0 Å². The third-order valence-corrected chi connectivity index (χ3v) is 3.87. The first kappa shape index (κ1) is 15.5. The van der Waals surface area contributed by atoms with E-state index in [0.29, 0.717) is 0 Å². The Bertz CT molecular complexity index is 383. The van der Waals surface area contributed by atoms with E-state index < -0.39 is 0 Å². The van der Waals surface area contributed by atoms with Crippen molar-refractivity contribution in [1.29, 1.82) is 0 Å². The van der Waals surface area contributed by atoms with Gasteiger partial charge in [0.15, 0.2) is 5.76 Å². The zero-order chi connectivity index (χ0) is 14.4. The van der Waals surface area contributed by atoms with Crippen molar-refractivity contribution in [1.82, 2.24) is 20.3 Å². The summed E-state index contributed by atoms with van der Waals surface area (Å²) in [4.78, 5) is 4.77. The van der Waals surface area contributed by atoms with Crippen LogP contribution in [-0.2, 0) is 13.1 Å². The highest BCUT2D eigenvalue weighted by Gasteiger charge is 2.20. The number of hydrogen-bond acceptors (Lipinski definition) is 5. The summed E-state index contributed by atoms with van der Waals surface area (Å²) in [5, 5.41) is 7.37. The Kier molecular flexibility index (Phi) is 6.01. The highest BCUT2D eigenvalue weighted by molar-refractivity contribution is 5.05. The van der Waals surface area contributed by atoms with E-state index in [9.17, 15) is 0 Å². The van der Waals surface area contributed by atoms with Crippen LogP contribution < -0.4 is 5.32 Å². The Morgan fingerprint density at radius 1 is 1.40 bits per heavy atom. The number of piperidine rings is 1. The third kappa shape index (κ3) is 4.89. The number of nitrogens with one attached hydrogen (secondary N) is 1. The quantitative estimate of drug-likeness (QED) is 0.821. The molecule has 20 heavy (non-hydrogen) atoms. The summed E-state index contributed by atoms with van der Waals surface area (Å²) in [6, 6.07) is 2.08. The first-order chi connectivity index (χ1) is 9.67. The monoisotopic (exact) mass is 280 g/mol. The molecule has 1 aliphatic rings. The second-order valence-electron chi connectivity index (χ2n) is 6.05. The van der Waals surface area contributed by atoms with Crippen molar-refractivity contribution in [3.8, 4) is 0 Å². The van der Waals surface area contributed by atoms with Crippen LogP contribution in [0.2, 0.25) is 0 Å². The highest BCUT2D eigenvalue weighted by atomic mass is 16.5. The van der Waals surface area contributed by atoms with Gasteiger partial charge in [-0.3, -0.25) is 4.90 Å². The first-order valence-electron chi connectivity index (χ1n) is 7.69. The molecule has 5 heteroatoms. The van der Waals surface area contributed by atoms with E-state index in [4.69, 9.17) is 4.52 Å². The minimum Gasteiger partial charge on any atom is -0.360 e. The fourth-order valence-corrected chi connectivity index (χ4v) is 2.83. The molecule has 2 heterocycles.